The molecule has 2 aliphatic heterocycles. The number of esters is 1. The molecule has 1 fully saturated rings. The largest absolute Gasteiger partial charge is 0.480 e. The second-order valence-corrected chi connectivity index (χ2v) is 10.6. The number of hydrogen-bond acceptors (Lipinski definition) is 10. The van der Waals surface area contributed by atoms with Gasteiger partial charge in [0, 0.05) is 47.8 Å². The third-order valence-electron chi connectivity index (χ3n) is 6.27. The highest BCUT2D eigenvalue weighted by atomic mass is 79.9. The molecule has 39 heavy (non-hydrogen) atoms. The molecule has 0 saturated carbocycles. The molecule has 1 unspecified atom stereocenters. The van der Waals surface area contributed by atoms with Crippen molar-refractivity contribution in [3.63, 3.8) is 0 Å². The van der Waals surface area contributed by atoms with Crippen molar-refractivity contribution in [1.29, 1.82) is 0 Å². The molecule has 2 atom stereocenters. The summed E-state index contributed by atoms with van der Waals surface area (Å²) in [5.74, 6) is -1.66. The Kier molecular flexibility index (Phi) is 9.49. The highest BCUT2D eigenvalue weighted by Gasteiger charge is 2.37. The van der Waals surface area contributed by atoms with Gasteiger partial charge in [-0.15, -0.1) is 11.3 Å². The summed E-state index contributed by atoms with van der Waals surface area (Å²) in [5, 5.41) is 18.5. The molecule has 13 heteroatoms. The number of allylic oxidation sites excluding steroid dienone is 1. The van der Waals surface area contributed by atoms with Gasteiger partial charge in [-0.2, -0.15) is 0 Å². The molecule has 1 saturated heterocycles. The summed E-state index contributed by atoms with van der Waals surface area (Å²) in [6.07, 6.45) is 0.526. The van der Waals surface area contributed by atoms with Crippen molar-refractivity contribution >= 4 is 45.0 Å². The summed E-state index contributed by atoms with van der Waals surface area (Å²) < 4.78 is 25.2. The van der Waals surface area contributed by atoms with Crippen LogP contribution in [0, 0.1) is 5.82 Å². The number of carbonyl (C=O) groups excluding carboxylic acids is 1. The van der Waals surface area contributed by atoms with Gasteiger partial charge >= 0.3 is 11.9 Å². The highest BCUT2D eigenvalue weighted by molar-refractivity contribution is 9.10. The number of benzene rings is 1. The fraction of sp³-hybridized carbons (Fsp3) is 0.385. The van der Waals surface area contributed by atoms with E-state index < -0.39 is 29.8 Å². The zero-order chi connectivity index (χ0) is 28.1. The topological polar surface area (TPSA) is 125 Å². The predicted molar refractivity (Wildman–Crippen MR) is 148 cm³/mol. The molecular weight excluding hydrogens is 593 g/mol. The van der Waals surface area contributed by atoms with Gasteiger partial charge in [-0.3, -0.25) is 14.7 Å². The van der Waals surface area contributed by atoms with Crippen molar-refractivity contribution in [2.24, 2.45) is 4.99 Å². The second-order valence-electron chi connectivity index (χ2n) is 8.86. The summed E-state index contributed by atoms with van der Waals surface area (Å²) in [4.78, 5) is 36.6. The minimum absolute atomic E-state index is 0.0242. The van der Waals surface area contributed by atoms with Crippen LogP contribution < -0.4 is 10.6 Å². The molecule has 2 aromatic rings. The van der Waals surface area contributed by atoms with E-state index in [1.165, 1.54) is 23.5 Å². The third kappa shape index (κ3) is 6.72. The number of nitrogens with zero attached hydrogens (tertiary/aromatic N) is 3. The Bertz CT molecular complexity index is 1330. The highest BCUT2D eigenvalue weighted by Crippen LogP contribution is 2.37. The van der Waals surface area contributed by atoms with Crippen LogP contribution in [0.25, 0.3) is 0 Å². The van der Waals surface area contributed by atoms with E-state index in [2.05, 4.69) is 33.1 Å². The number of aromatic nitrogens is 1. The van der Waals surface area contributed by atoms with Crippen molar-refractivity contribution in [2.75, 3.05) is 40.0 Å². The molecule has 2 aliphatic rings. The maximum atomic E-state index is 14.0. The molecule has 4 rings (SSSR count). The Balaban J connectivity index is 1.82. The lowest BCUT2D eigenvalue weighted by molar-refractivity contribution is -0.149. The van der Waals surface area contributed by atoms with Gasteiger partial charge in [-0.25, -0.2) is 14.2 Å². The zero-order valence-corrected chi connectivity index (χ0v) is 23.9. The molecule has 3 N–H and O–H groups in total. The normalized spacial score (nSPS) is 19.7. The number of thiazole rings is 1. The summed E-state index contributed by atoms with van der Waals surface area (Å²) in [7, 11) is 1.79. The number of carbonyl (C=O) groups is 2. The van der Waals surface area contributed by atoms with E-state index >= 15 is 0 Å². The average Bonchev–Trinajstić information content (AvgIpc) is 3.37. The lowest BCUT2D eigenvalue weighted by Gasteiger charge is -2.35. The first-order valence-electron chi connectivity index (χ1n) is 12.3. The van der Waals surface area contributed by atoms with Gasteiger partial charge in [0.15, 0.2) is 10.8 Å². The van der Waals surface area contributed by atoms with E-state index in [9.17, 15) is 19.1 Å². The number of morpholine rings is 1. The standard InChI is InChI=1S/C26H29BrFN5O5S/c1-4-38-26(36)21-19(11-33-7-8-37-12-20(33)25(34)35)31-23(24-30-16(13-39-24)9-14(2)29-3)32-22(21)17-6-5-15(28)10-18(17)27/h5-6,10,13,20,22,29H,2,4,7-9,11-12H2,1,3H3,(H,31,32)(H,34,35)/t20-,22?/m0/s1. The van der Waals surface area contributed by atoms with Crippen LogP contribution in [0.2, 0.25) is 0 Å². The van der Waals surface area contributed by atoms with Crippen LogP contribution in [0.15, 0.2) is 56.6 Å². The van der Waals surface area contributed by atoms with Gasteiger partial charge < -0.3 is 25.2 Å². The van der Waals surface area contributed by atoms with E-state index in [4.69, 9.17) is 19.5 Å². The van der Waals surface area contributed by atoms with Crippen LogP contribution in [-0.2, 0) is 25.5 Å². The van der Waals surface area contributed by atoms with E-state index in [-0.39, 0.29) is 25.3 Å². The molecule has 0 radical (unpaired) electrons. The first kappa shape index (κ1) is 28.9. The van der Waals surface area contributed by atoms with Crippen molar-refractivity contribution in [2.45, 2.75) is 25.4 Å². The molecule has 0 bridgehead atoms. The Morgan fingerprint density at radius 3 is 2.92 bits per heavy atom. The molecular formula is C26H29BrFN5O5S. The number of nitrogens with one attached hydrogen (secondary N) is 2. The monoisotopic (exact) mass is 621 g/mol. The molecule has 0 spiro atoms. The smallest absolute Gasteiger partial charge is 0.338 e. The van der Waals surface area contributed by atoms with Gasteiger partial charge in [-0.05, 0) is 24.6 Å². The van der Waals surface area contributed by atoms with Crippen LogP contribution in [-0.4, -0.2) is 78.8 Å². The quantitative estimate of drug-likeness (QED) is 0.343. The summed E-state index contributed by atoms with van der Waals surface area (Å²) >= 11 is 4.80. The predicted octanol–water partition coefficient (Wildman–Crippen LogP) is 3.01. The molecule has 3 heterocycles. The fourth-order valence-corrected chi connectivity index (χ4v) is 5.63. The van der Waals surface area contributed by atoms with Crippen LogP contribution in [0.3, 0.4) is 0 Å². The van der Waals surface area contributed by atoms with Crippen molar-refractivity contribution in [1.82, 2.24) is 20.5 Å². The number of halogens is 2. The number of carboxylic acids is 1. The van der Waals surface area contributed by atoms with Gasteiger partial charge in [0.2, 0.25) is 0 Å². The SMILES string of the molecule is C=C(Cc1csc(C2=NC(c3ccc(F)cc3Br)C(C(=O)OCC)=C(CN3CCOC[C@H]3C(=O)O)N2)n1)NC. The number of aliphatic carboxylic acids is 1. The minimum Gasteiger partial charge on any atom is -0.480 e. The van der Waals surface area contributed by atoms with Gasteiger partial charge in [0.25, 0.3) is 0 Å². The van der Waals surface area contributed by atoms with Gasteiger partial charge in [0.05, 0.1) is 31.1 Å². The van der Waals surface area contributed by atoms with Gasteiger partial charge in [0.1, 0.15) is 17.9 Å². The number of aliphatic imine (C=N–C) groups is 1. The van der Waals surface area contributed by atoms with Crippen molar-refractivity contribution in [3.05, 3.63) is 73.7 Å². The lowest BCUT2D eigenvalue weighted by atomic mass is 9.95. The number of amidine groups is 1. The first-order valence-corrected chi connectivity index (χ1v) is 13.9. The molecule has 1 aromatic carbocycles. The van der Waals surface area contributed by atoms with Crippen LogP contribution >= 0.6 is 27.3 Å². The van der Waals surface area contributed by atoms with E-state index in [1.807, 2.05) is 5.38 Å². The average molecular weight is 623 g/mol. The number of ether oxygens (including phenoxy) is 2. The molecule has 1 aromatic heterocycles. The lowest BCUT2D eigenvalue weighted by Crippen LogP contribution is -2.52. The second kappa shape index (κ2) is 12.8. The van der Waals surface area contributed by atoms with Crippen molar-refractivity contribution < 1.29 is 28.6 Å². The van der Waals surface area contributed by atoms with E-state index in [1.54, 1.807) is 24.9 Å². The summed E-state index contributed by atoms with van der Waals surface area (Å²) in [6, 6.07) is 2.41. The Morgan fingerprint density at radius 2 is 2.23 bits per heavy atom. The van der Waals surface area contributed by atoms with E-state index in [0.717, 1.165) is 11.4 Å². The Morgan fingerprint density at radius 1 is 1.44 bits per heavy atom. The maximum Gasteiger partial charge on any atom is 0.338 e. The van der Waals surface area contributed by atoms with E-state index in [0.29, 0.717) is 46.1 Å². The van der Waals surface area contributed by atoms with Crippen molar-refractivity contribution in [3.8, 4) is 0 Å². The van der Waals surface area contributed by atoms with Gasteiger partial charge in [-0.1, -0.05) is 28.6 Å². The molecule has 10 nitrogen and oxygen atoms in total. The summed E-state index contributed by atoms with van der Waals surface area (Å²) in [5.41, 5.74) is 2.79. The molecule has 0 aliphatic carbocycles. The Hall–Kier alpha value is -3.13. The fourth-order valence-electron chi connectivity index (χ4n) is 4.29. The number of likely N-dealkylation sites (N-methyl/N-ethyl adjacent to an activating group) is 1. The molecule has 208 valence electrons. The maximum absolute atomic E-state index is 14.0. The van der Waals surface area contributed by atoms with Crippen LogP contribution in [0.1, 0.15) is 29.2 Å². The minimum atomic E-state index is -1.02. The summed E-state index contributed by atoms with van der Waals surface area (Å²) in [6.45, 7) is 6.60. The van der Waals surface area contributed by atoms with Crippen LogP contribution in [0.4, 0.5) is 4.39 Å². The first-order chi connectivity index (χ1) is 18.7. The Labute approximate surface area is 237 Å². The molecule has 0 amide bonds. The zero-order valence-electron chi connectivity index (χ0n) is 21.5. The number of carboxylic acid groups (broad SMARTS) is 1. The van der Waals surface area contributed by atoms with Crippen LogP contribution in [0.5, 0.6) is 0 Å². The third-order valence-corrected chi connectivity index (χ3v) is 7.85. The number of hydrogen-bond donors (Lipinski definition) is 3. The number of rotatable bonds is 10.